The van der Waals surface area contributed by atoms with Crippen molar-refractivity contribution in [2.75, 3.05) is 16.8 Å². The van der Waals surface area contributed by atoms with Crippen LogP contribution in [0.15, 0.2) is 18.2 Å². The first-order chi connectivity index (χ1) is 9.56. The third kappa shape index (κ3) is 4.07. The Morgan fingerprint density at radius 3 is 2.70 bits per heavy atom. The van der Waals surface area contributed by atoms with Gasteiger partial charge >= 0.3 is 0 Å². The average Bonchev–Trinajstić information content (AvgIpc) is 2.43. The molecule has 5 heteroatoms. The first-order valence-electron chi connectivity index (χ1n) is 7.09. The van der Waals surface area contributed by atoms with Crippen molar-refractivity contribution < 1.29 is 9.00 Å². The van der Waals surface area contributed by atoms with Crippen LogP contribution in [0.4, 0.5) is 11.4 Å². The highest BCUT2D eigenvalue weighted by Gasteiger charge is 2.21. The fraction of sp³-hybridized carbons (Fsp3) is 0.533. The number of hydrogen-bond donors (Lipinski definition) is 2. The fourth-order valence-corrected chi connectivity index (χ4v) is 4.01. The molecule has 0 saturated heterocycles. The number of rotatable bonds is 4. The average molecular weight is 294 g/mol. The van der Waals surface area contributed by atoms with Gasteiger partial charge in [-0.2, -0.15) is 0 Å². The second-order valence-electron chi connectivity index (χ2n) is 5.41. The number of carbonyl (C=O) groups is 1. The van der Waals surface area contributed by atoms with Crippen LogP contribution in [0, 0.1) is 6.92 Å². The lowest BCUT2D eigenvalue weighted by atomic mass is 10.0. The van der Waals surface area contributed by atoms with Gasteiger partial charge in [-0.05, 0) is 43.5 Å². The van der Waals surface area contributed by atoms with E-state index in [2.05, 4.69) is 5.32 Å². The molecule has 0 heterocycles. The van der Waals surface area contributed by atoms with Gasteiger partial charge in [0.15, 0.2) is 0 Å². The van der Waals surface area contributed by atoms with Crippen molar-refractivity contribution >= 4 is 28.1 Å². The zero-order valence-electron chi connectivity index (χ0n) is 11.9. The van der Waals surface area contributed by atoms with Gasteiger partial charge < -0.3 is 11.1 Å². The number of aryl methyl sites for hydroxylation is 1. The third-order valence-corrected chi connectivity index (χ3v) is 5.48. The summed E-state index contributed by atoms with van der Waals surface area (Å²) in [6.45, 7) is 1.89. The van der Waals surface area contributed by atoms with E-state index in [0.29, 0.717) is 5.69 Å². The van der Waals surface area contributed by atoms with Crippen molar-refractivity contribution in [3.05, 3.63) is 23.8 Å². The maximum Gasteiger partial charge on any atom is 0.237 e. The number of nitrogens with two attached hydrogens (primary N) is 1. The van der Waals surface area contributed by atoms with E-state index >= 15 is 0 Å². The zero-order chi connectivity index (χ0) is 14.5. The van der Waals surface area contributed by atoms with Gasteiger partial charge in [0.1, 0.15) is 5.75 Å². The van der Waals surface area contributed by atoms with Crippen LogP contribution < -0.4 is 11.1 Å². The summed E-state index contributed by atoms with van der Waals surface area (Å²) in [5.41, 5.74) is 8.01. The largest absolute Gasteiger partial charge is 0.399 e. The Morgan fingerprint density at radius 2 is 2.05 bits per heavy atom. The van der Waals surface area contributed by atoms with E-state index in [4.69, 9.17) is 5.73 Å². The van der Waals surface area contributed by atoms with Gasteiger partial charge in [-0.25, -0.2) is 0 Å². The Morgan fingerprint density at radius 1 is 1.35 bits per heavy atom. The van der Waals surface area contributed by atoms with Crippen LogP contribution in [-0.4, -0.2) is 21.1 Å². The molecule has 0 aliphatic heterocycles. The summed E-state index contributed by atoms with van der Waals surface area (Å²) in [5, 5.41) is 3.02. The Labute approximate surface area is 122 Å². The van der Waals surface area contributed by atoms with Crippen molar-refractivity contribution in [3.8, 4) is 0 Å². The molecule has 0 aromatic heterocycles. The van der Waals surface area contributed by atoms with E-state index < -0.39 is 10.8 Å². The summed E-state index contributed by atoms with van der Waals surface area (Å²) in [4.78, 5) is 12.0. The summed E-state index contributed by atoms with van der Waals surface area (Å²) in [7, 11) is -1.06. The van der Waals surface area contributed by atoms with E-state index in [1.165, 1.54) is 6.42 Å². The van der Waals surface area contributed by atoms with Crippen molar-refractivity contribution in [1.29, 1.82) is 0 Å². The molecule has 0 radical (unpaired) electrons. The Kier molecular flexibility index (Phi) is 5.17. The van der Waals surface area contributed by atoms with Gasteiger partial charge in [0, 0.05) is 27.4 Å². The summed E-state index contributed by atoms with van der Waals surface area (Å²) in [5.74, 6) is -0.0872. The second-order valence-corrected chi connectivity index (χ2v) is 7.12. The zero-order valence-corrected chi connectivity index (χ0v) is 12.7. The Balaban J connectivity index is 1.90. The quantitative estimate of drug-likeness (QED) is 0.838. The van der Waals surface area contributed by atoms with Crippen LogP contribution in [0.5, 0.6) is 0 Å². The molecular weight excluding hydrogens is 272 g/mol. The molecule has 110 valence electrons. The summed E-state index contributed by atoms with van der Waals surface area (Å²) < 4.78 is 12.2. The predicted molar refractivity (Wildman–Crippen MR) is 84.1 cm³/mol. The van der Waals surface area contributed by atoms with Crippen LogP contribution in [0.25, 0.3) is 0 Å². The van der Waals surface area contributed by atoms with Crippen LogP contribution in [0.1, 0.15) is 37.7 Å². The summed E-state index contributed by atoms with van der Waals surface area (Å²) >= 11 is 0. The minimum atomic E-state index is -1.06. The van der Waals surface area contributed by atoms with Crippen molar-refractivity contribution in [1.82, 2.24) is 0 Å². The number of anilines is 2. The number of carbonyl (C=O) groups excluding carboxylic acids is 1. The minimum Gasteiger partial charge on any atom is -0.399 e. The first kappa shape index (κ1) is 15.0. The summed E-state index contributed by atoms with van der Waals surface area (Å²) in [6, 6.07) is 5.35. The van der Waals surface area contributed by atoms with Crippen molar-refractivity contribution in [2.45, 2.75) is 44.3 Å². The molecule has 1 aliphatic carbocycles. The number of amides is 1. The maximum absolute atomic E-state index is 12.2. The molecule has 0 bridgehead atoms. The Hall–Kier alpha value is -1.36. The van der Waals surface area contributed by atoms with Crippen LogP contribution >= 0.6 is 0 Å². The van der Waals surface area contributed by atoms with Crippen molar-refractivity contribution in [3.63, 3.8) is 0 Å². The highest BCUT2D eigenvalue weighted by Crippen LogP contribution is 2.22. The monoisotopic (exact) mass is 294 g/mol. The highest BCUT2D eigenvalue weighted by molar-refractivity contribution is 7.86. The molecule has 1 amide bonds. The van der Waals surface area contributed by atoms with Gasteiger partial charge in [-0.3, -0.25) is 9.00 Å². The molecule has 4 nitrogen and oxygen atoms in total. The Bertz CT molecular complexity index is 511. The molecule has 20 heavy (non-hydrogen) atoms. The van der Waals surface area contributed by atoms with Gasteiger partial charge in [-0.15, -0.1) is 0 Å². The molecule has 1 aliphatic rings. The normalized spacial score (nSPS) is 17.6. The van der Waals surface area contributed by atoms with Crippen LogP contribution in [0.2, 0.25) is 0 Å². The lowest BCUT2D eigenvalue weighted by Gasteiger charge is -2.20. The van der Waals surface area contributed by atoms with Crippen LogP contribution in [-0.2, 0) is 15.6 Å². The molecular formula is C15H22N2O2S. The molecule has 1 aromatic carbocycles. The number of nitrogen functional groups attached to an aromatic ring is 1. The predicted octanol–water partition coefficient (Wildman–Crippen LogP) is 2.60. The van der Waals surface area contributed by atoms with E-state index in [0.717, 1.165) is 36.9 Å². The maximum atomic E-state index is 12.2. The molecule has 1 saturated carbocycles. The first-order valence-corrected chi connectivity index (χ1v) is 8.47. The van der Waals surface area contributed by atoms with Crippen LogP contribution in [0.3, 0.4) is 0 Å². The molecule has 1 atom stereocenters. The van der Waals surface area contributed by atoms with E-state index in [1.54, 1.807) is 12.1 Å². The van der Waals surface area contributed by atoms with Gasteiger partial charge in [0.05, 0.1) is 0 Å². The third-order valence-electron chi connectivity index (χ3n) is 3.72. The topological polar surface area (TPSA) is 72.2 Å². The number of hydrogen-bond acceptors (Lipinski definition) is 3. The van der Waals surface area contributed by atoms with Gasteiger partial charge in [-0.1, -0.05) is 19.3 Å². The van der Waals surface area contributed by atoms with Gasteiger partial charge in [0.25, 0.3) is 0 Å². The lowest BCUT2D eigenvalue weighted by molar-refractivity contribution is -0.113. The molecule has 1 unspecified atom stereocenters. The van der Waals surface area contributed by atoms with E-state index in [9.17, 15) is 9.00 Å². The smallest absolute Gasteiger partial charge is 0.237 e. The molecule has 1 fully saturated rings. The van der Waals surface area contributed by atoms with E-state index in [-0.39, 0.29) is 16.9 Å². The second kappa shape index (κ2) is 6.88. The molecule has 1 aromatic rings. The number of nitrogens with one attached hydrogen (secondary N) is 1. The lowest BCUT2D eigenvalue weighted by Crippen LogP contribution is -2.27. The van der Waals surface area contributed by atoms with E-state index in [1.807, 2.05) is 13.0 Å². The van der Waals surface area contributed by atoms with Gasteiger partial charge in [0.2, 0.25) is 5.91 Å². The standard InChI is InChI=1S/C15H22N2O2S/c1-11-9-12(16)7-8-14(11)17-15(18)10-20(19)13-5-3-2-4-6-13/h7-9,13H,2-6,10,16H2,1H3,(H,17,18). The van der Waals surface area contributed by atoms with Crippen molar-refractivity contribution in [2.24, 2.45) is 0 Å². The number of benzene rings is 1. The molecule has 2 rings (SSSR count). The fourth-order valence-electron chi connectivity index (χ4n) is 2.59. The summed E-state index contributed by atoms with van der Waals surface area (Å²) in [6.07, 6.45) is 5.47. The highest BCUT2D eigenvalue weighted by atomic mass is 32.2. The molecule has 3 N–H and O–H groups in total. The minimum absolute atomic E-state index is 0.0917. The molecule has 0 spiro atoms. The SMILES string of the molecule is Cc1cc(N)ccc1NC(=O)CS(=O)C1CCCCC1.